The minimum atomic E-state index is -0.708. The van der Waals surface area contributed by atoms with E-state index >= 15 is 0 Å². The van der Waals surface area contributed by atoms with Gasteiger partial charge < -0.3 is 15.5 Å². The summed E-state index contributed by atoms with van der Waals surface area (Å²) in [5.74, 6) is 0.216. The molecule has 2 aliphatic rings. The molecule has 1 aromatic heterocycles. The second kappa shape index (κ2) is 3.42. The number of rotatable bonds is 0. The number of benzene rings is 1. The molecule has 2 aromatic rings. The van der Waals surface area contributed by atoms with Crippen LogP contribution >= 0.6 is 0 Å². The van der Waals surface area contributed by atoms with Crippen molar-refractivity contribution < 1.29 is 0 Å². The van der Waals surface area contributed by atoms with Gasteiger partial charge in [0.25, 0.3) is 0 Å². The lowest BCUT2D eigenvalue weighted by molar-refractivity contribution is 0.510. The van der Waals surface area contributed by atoms with Crippen LogP contribution in [0.3, 0.4) is 0 Å². The average molecular weight is 252 g/mol. The van der Waals surface area contributed by atoms with Gasteiger partial charge in [-0.2, -0.15) is 0 Å². The first-order valence-electron chi connectivity index (χ1n) is 6.03. The zero-order valence-corrected chi connectivity index (χ0v) is 9.98. The third-order valence-electron chi connectivity index (χ3n) is 3.63. The van der Waals surface area contributed by atoms with Gasteiger partial charge in [0.1, 0.15) is 6.54 Å². The fourth-order valence-electron chi connectivity index (χ4n) is 2.69. The van der Waals surface area contributed by atoms with Crippen molar-refractivity contribution in [2.75, 3.05) is 11.6 Å². The summed E-state index contributed by atoms with van der Waals surface area (Å²) >= 11 is 0. The number of nitrogens with zero attached hydrogens (tertiary/aromatic N) is 3. The quantitative estimate of drug-likeness (QED) is 0.534. The highest BCUT2D eigenvalue weighted by Gasteiger charge is 2.38. The Morgan fingerprint density at radius 2 is 2.21 bits per heavy atom. The summed E-state index contributed by atoms with van der Waals surface area (Å²) in [4.78, 5) is 4.22. The lowest BCUT2D eigenvalue weighted by Crippen LogP contribution is -2.43. The van der Waals surface area contributed by atoms with Gasteiger partial charge in [-0.05, 0) is 18.2 Å². The number of aromatic nitrogens is 1. The van der Waals surface area contributed by atoms with Gasteiger partial charge in [-0.15, -0.1) is 0 Å². The summed E-state index contributed by atoms with van der Waals surface area (Å²) in [6.07, 6.45) is 6.79. The van der Waals surface area contributed by atoms with Crippen LogP contribution in [0.2, 0.25) is 0 Å². The minimum absolute atomic E-state index is 0.216. The predicted molar refractivity (Wildman–Crippen MR) is 74.8 cm³/mol. The number of hydroxylamine groups is 3. The fourth-order valence-corrected chi connectivity index (χ4v) is 2.69. The number of pyridine rings is 1. The Balaban J connectivity index is 2.06. The Morgan fingerprint density at radius 1 is 1.32 bits per heavy atom. The number of allylic oxidation sites excluding steroid dienone is 2. The largest absolute Gasteiger partial charge is 0.750 e. The zero-order valence-electron chi connectivity index (χ0n) is 9.98. The van der Waals surface area contributed by atoms with Gasteiger partial charge >= 0.3 is 0 Å². The van der Waals surface area contributed by atoms with Crippen molar-refractivity contribution in [3.05, 3.63) is 64.9 Å². The first kappa shape index (κ1) is 10.7. The Morgan fingerprint density at radius 3 is 3.11 bits per heavy atom. The molecule has 0 aliphatic carbocycles. The third-order valence-corrected chi connectivity index (χ3v) is 3.63. The number of quaternary nitrogens is 1. The van der Waals surface area contributed by atoms with E-state index in [-0.39, 0.29) is 12.4 Å². The molecule has 0 radical (unpaired) electrons. The maximum atomic E-state index is 12.9. The second-order valence-electron chi connectivity index (χ2n) is 4.71. The van der Waals surface area contributed by atoms with Crippen LogP contribution in [0.4, 0.5) is 11.4 Å². The summed E-state index contributed by atoms with van der Waals surface area (Å²) in [6, 6.07) is 7.18. The van der Waals surface area contributed by atoms with Gasteiger partial charge in [0.2, 0.25) is 5.82 Å². The lowest BCUT2D eigenvalue weighted by Gasteiger charge is -2.41. The lowest BCUT2D eigenvalue weighted by atomic mass is 10.1. The van der Waals surface area contributed by atoms with Crippen molar-refractivity contribution in [1.29, 1.82) is 0 Å². The average Bonchev–Trinajstić information content (AvgIpc) is 2.66. The summed E-state index contributed by atoms with van der Waals surface area (Å²) in [5.41, 5.74) is 1.62. The van der Waals surface area contributed by atoms with Crippen LogP contribution in [0.25, 0.3) is 10.9 Å². The zero-order chi connectivity index (χ0) is 13.0. The minimum Gasteiger partial charge on any atom is -0.750 e. The smallest absolute Gasteiger partial charge is 0.203 e. The van der Waals surface area contributed by atoms with Gasteiger partial charge in [-0.3, -0.25) is 9.63 Å². The Bertz CT molecular complexity index is 753. The Hall–Kier alpha value is -2.21. The molecule has 0 spiro atoms. The Labute approximate surface area is 109 Å². The van der Waals surface area contributed by atoms with E-state index in [1.54, 1.807) is 36.6 Å². The van der Waals surface area contributed by atoms with Crippen LogP contribution < -0.4 is 9.71 Å². The number of hydrogen-bond donors (Lipinski definition) is 0. The molecule has 1 atom stereocenters. The van der Waals surface area contributed by atoms with Crippen LogP contribution in [0, 0.1) is 10.4 Å². The van der Waals surface area contributed by atoms with E-state index in [4.69, 9.17) is 0 Å². The van der Waals surface area contributed by atoms with Crippen molar-refractivity contribution in [3.8, 4) is 0 Å². The molecule has 94 valence electrons. The van der Waals surface area contributed by atoms with Gasteiger partial charge in [-0.1, -0.05) is 12.1 Å². The van der Waals surface area contributed by atoms with Crippen molar-refractivity contribution in [2.24, 2.45) is 0 Å². The standard InChI is InChI=1S/C14H10N3O2/c18-16-12-9-11-10(4-3-6-15-11)8-13(12)17(19)7-2-1-5-14(16)17/h1-6,8-9H,7H2/q-1. The van der Waals surface area contributed by atoms with E-state index in [9.17, 15) is 10.4 Å². The van der Waals surface area contributed by atoms with Gasteiger partial charge in [0.15, 0.2) is 5.69 Å². The monoisotopic (exact) mass is 252 g/mol. The number of anilines is 1. The highest BCUT2D eigenvalue weighted by molar-refractivity contribution is 5.94. The molecule has 2 aliphatic heterocycles. The van der Waals surface area contributed by atoms with E-state index in [1.165, 1.54) is 0 Å². The second-order valence-corrected chi connectivity index (χ2v) is 4.71. The topological polar surface area (TPSA) is 62.2 Å². The van der Waals surface area contributed by atoms with Gasteiger partial charge in [-0.25, -0.2) is 0 Å². The molecule has 0 saturated carbocycles. The summed E-state index contributed by atoms with van der Waals surface area (Å²) in [5, 5.41) is 26.8. The van der Waals surface area contributed by atoms with Crippen molar-refractivity contribution in [2.45, 2.75) is 0 Å². The molecule has 0 fully saturated rings. The molecule has 1 unspecified atom stereocenters. The molecule has 0 bridgehead atoms. The SMILES string of the molecule is [O-]N1C2=CC=CC[N+]2([O-])c2cc3cccnc3cc21. The van der Waals surface area contributed by atoms with E-state index < -0.39 is 4.65 Å². The number of fused-ring (bicyclic) bond motifs is 4. The molecular formula is C14H10N3O2-. The molecule has 19 heavy (non-hydrogen) atoms. The van der Waals surface area contributed by atoms with E-state index in [0.717, 1.165) is 16.0 Å². The summed E-state index contributed by atoms with van der Waals surface area (Å²) in [6.45, 7) is 0.253. The first-order chi connectivity index (χ1) is 9.20. The summed E-state index contributed by atoms with van der Waals surface area (Å²) < 4.78 is -0.708. The molecule has 1 aromatic carbocycles. The molecule has 0 amide bonds. The van der Waals surface area contributed by atoms with Crippen LogP contribution in [0.15, 0.2) is 54.5 Å². The van der Waals surface area contributed by atoms with Crippen molar-refractivity contribution >= 4 is 22.3 Å². The molecule has 4 rings (SSSR count). The normalized spacial score (nSPS) is 24.3. The van der Waals surface area contributed by atoms with Crippen molar-refractivity contribution in [1.82, 2.24) is 9.63 Å². The molecule has 3 heterocycles. The number of hydrogen-bond acceptors (Lipinski definition) is 4. The van der Waals surface area contributed by atoms with E-state index in [2.05, 4.69) is 4.98 Å². The maximum absolute atomic E-state index is 12.9. The fraction of sp³-hybridized carbons (Fsp3) is 0.0714. The molecule has 5 nitrogen and oxygen atoms in total. The van der Waals surface area contributed by atoms with Crippen molar-refractivity contribution in [3.63, 3.8) is 0 Å². The van der Waals surface area contributed by atoms with E-state index in [0.29, 0.717) is 11.4 Å². The van der Waals surface area contributed by atoms with Crippen LogP contribution in [-0.2, 0) is 0 Å². The van der Waals surface area contributed by atoms with Crippen LogP contribution in [0.5, 0.6) is 0 Å². The third kappa shape index (κ3) is 1.26. The van der Waals surface area contributed by atoms with E-state index in [1.807, 2.05) is 12.1 Å². The first-order valence-corrected chi connectivity index (χ1v) is 6.03. The maximum Gasteiger partial charge on any atom is 0.203 e. The van der Waals surface area contributed by atoms with Gasteiger partial charge in [0.05, 0.1) is 11.2 Å². The molecule has 0 N–H and O–H groups in total. The highest BCUT2D eigenvalue weighted by Crippen LogP contribution is 2.48. The van der Waals surface area contributed by atoms with Crippen LogP contribution in [-0.4, -0.2) is 11.5 Å². The van der Waals surface area contributed by atoms with Gasteiger partial charge in [0, 0.05) is 23.7 Å². The summed E-state index contributed by atoms with van der Waals surface area (Å²) in [7, 11) is 0. The molecule has 5 heteroatoms. The molecule has 0 saturated heterocycles. The van der Waals surface area contributed by atoms with Crippen LogP contribution in [0.1, 0.15) is 0 Å². The predicted octanol–water partition coefficient (Wildman–Crippen LogP) is 2.77. The highest BCUT2D eigenvalue weighted by atomic mass is 16.6. The molecular weight excluding hydrogens is 242 g/mol. The Kier molecular flexibility index (Phi) is 1.92.